The molecule has 1 N–H and O–H groups in total. The molecule has 1 amide bonds. The van der Waals surface area contributed by atoms with E-state index >= 15 is 0 Å². The van der Waals surface area contributed by atoms with E-state index in [0.29, 0.717) is 9.92 Å². The van der Waals surface area contributed by atoms with Crippen LogP contribution in [0.15, 0.2) is 29.2 Å². The fraction of sp³-hybridized carbons (Fsp3) is 0.364. The minimum atomic E-state index is -1.64. The van der Waals surface area contributed by atoms with E-state index in [1.165, 1.54) is 0 Å². The lowest BCUT2D eigenvalue weighted by atomic mass is 10.2. The molecule has 0 aliphatic rings. The van der Waals surface area contributed by atoms with E-state index in [1.807, 2.05) is 0 Å². The Labute approximate surface area is 109 Å². The molecule has 0 bridgehead atoms. The average Bonchev–Trinajstić information content (AvgIpc) is 2.15. The summed E-state index contributed by atoms with van der Waals surface area (Å²) in [5.41, 5.74) is -0.617. The molecule has 94 valence electrons. The van der Waals surface area contributed by atoms with Gasteiger partial charge in [-0.15, -0.1) is 4.72 Å². The molecule has 0 aliphatic carbocycles. The van der Waals surface area contributed by atoms with Crippen molar-refractivity contribution in [2.45, 2.75) is 31.3 Å². The van der Waals surface area contributed by atoms with Gasteiger partial charge in [0, 0.05) is 5.02 Å². The highest BCUT2D eigenvalue weighted by Gasteiger charge is 2.21. The van der Waals surface area contributed by atoms with Gasteiger partial charge in [0.15, 0.2) is 4.90 Å². The summed E-state index contributed by atoms with van der Waals surface area (Å²) in [6, 6.07) is 6.36. The van der Waals surface area contributed by atoms with E-state index in [9.17, 15) is 9.35 Å². The van der Waals surface area contributed by atoms with E-state index in [1.54, 1.807) is 45.0 Å². The zero-order valence-corrected chi connectivity index (χ0v) is 11.4. The molecule has 1 atom stereocenters. The maximum atomic E-state index is 11.7. The van der Waals surface area contributed by atoms with Gasteiger partial charge in [0.1, 0.15) is 17.0 Å². The van der Waals surface area contributed by atoms with Crippen LogP contribution in [0, 0.1) is 0 Å². The first kappa shape index (κ1) is 14.2. The second kappa shape index (κ2) is 5.62. The molecule has 0 radical (unpaired) electrons. The molecule has 0 aliphatic heterocycles. The van der Waals surface area contributed by atoms with Crippen molar-refractivity contribution in [2.75, 3.05) is 0 Å². The molecule has 1 rings (SSSR count). The number of hydrogen-bond acceptors (Lipinski definition) is 3. The number of nitrogens with one attached hydrogen (secondary N) is 1. The Kier molecular flexibility index (Phi) is 4.68. The van der Waals surface area contributed by atoms with Crippen LogP contribution in [0.4, 0.5) is 4.79 Å². The van der Waals surface area contributed by atoms with Crippen LogP contribution in [0.2, 0.25) is 5.02 Å². The lowest BCUT2D eigenvalue weighted by Crippen LogP contribution is -2.36. The summed E-state index contributed by atoms with van der Waals surface area (Å²) in [5.74, 6) is 0. The number of halogens is 1. The quantitative estimate of drug-likeness (QED) is 0.844. The number of hydrogen-bond donors (Lipinski definition) is 1. The normalized spacial score (nSPS) is 13.0. The molecule has 17 heavy (non-hydrogen) atoms. The van der Waals surface area contributed by atoms with Gasteiger partial charge in [0.05, 0.1) is 0 Å². The van der Waals surface area contributed by atoms with Gasteiger partial charge in [-0.3, -0.25) is 0 Å². The van der Waals surface area contributed by atoms with E-state index in [0.717, 1.165) is 0 Å². The SMILES string of the molecule is CC(C)(C)OC(=O)N[S+]([O-])c1ccc(Cl)cc1. The summed E-state index contributed by atoms with van der Waals surface area (Å²) >= 11 is 4.06. The molecule has 0 spiro atoms. The molecule has 0 saturated heterocycles. The van der Waals surface area contributed by atoms with Crippen LogP contribution in [0.5, 0.6) is 0 Å². The van der Waals surface area contributed by atoms with Gasteiger partial charge in [0.2, 0.25) is 0 Å². The van der Waals surface area contributed by atoms with Crippen molar-refractivity contribution >= 4 is 29.1 Å². The van der Waals surface area contributed by atoms with E-state index in [4.69, 9.17) is 16.3 Å². The number of benzene rings is 1. The number of carbonyl (C=O) groups excluding carboxylic acids is 1. The molecule has 1 unspecified atom stereocenters. The molecule has 1 aromatic carbocycles. The molecule has 4 nitrogen and oxygen atoms in total. The third-order valence-corrected chi connectivity index (χ3v) is 2.91. The molecule has 0 saturated carbocycles. The van der Waals surface area contributed by atoms with Crippen molar-refractivity contribution in [3.63, 3.8) is 0 Å². The van der Waals surface area contributed by atoms with Crippen LogP contribution in [0.25, 0.3) is 0 Å². The van der Waals surface area contributed by atoms with Gasteiger partial charge < -0.3 is 9.29 Å². The molecular weight excluding hydrogens is 262 g/mol. The van der Waals surface area contributed by atoms with Crippen molar-refractivity contribution < 1.29 is 14.1 Å². The van der Waals surface area contributed by atoms with Crippen LogP contribution >= 0.6 is 11.6 Å². The lowest BCUT2D eigenvalue weighted by molar-refractivity contribution is 0.0570. The van der Waals surface area contributed by atoms with Crippen LogP contribution in [-0.4, -0.2) is 16.2 Å². The predicted molar refractivity (Wildman–Crippen MR) is 67.2 cm³/mol. The summed E-state index contributed by atoms with van der Waals surface area (Å²) in [6.07, 6.45) is -0.717. The minimum Gasteiger partial charge on any atom is -0.588 e. The number of rotatable bonds is 2. The second-order valence-corrected chi connectivity index (χ2v) is 5.98. The largest absolute Gasteiger partial charge is 0.588 e. The Hall–Kier alpha value is -0.910. The second-order valence-electron chi connectivity index (χ2n) is 4.33. The third-order valence-electron chi connectivity index (χ3n) is 1.60. The van der Waals surface area contributed by atoms with Gasteiger partial charge in [-0.05, 0) is 45.0 Å². The topological polar surface area (TPSA) is 61.4 Å². The summed E-state index contributed by atoms with van der Waals surface area (Å²) < 4.78 is 18.9. The molecule has 6 heteroatoms. The smallest absolute Gasteiger partial charge is 0.449 e. The zero-order chi connectivity index (χ0) is 13.1. The summed E-state index contributed by atoms with van der Waals surface area (Å²) in [5, 5.41) is 0.544. The molecule has 0 aromatic heterocycles. The first-order chi connectivity index (χ1) is 7.78. The molecular formula is C11H14ClNO3S. The molecule has 0 fully saturated rings. The Morgan fingerprint density at radius 1 is 1.35 bits per heavy atom. The maximum absolute atomic E-state index is 11.7. The average molecular weight is 276 g/mol. The first-order valence-corrected chi connectivity index (χ1v) is 6.48. The van der Waals surface area contributed by atoms with Crippen LogP contribution < -0.4 is 4.72 Å². The van der Waals surface area contributed by atoms with Gasteiger partial charge in [0.25, 0.3) is 0 Å². The van der Waals surface area contributed by atoms with E-state index in [2.05, 4.69) is 4.72 Å². The maximum Gasteiger partial charge on any atom is 0.449 e. The molecule has 1 aromatic rings. The fourth-order valence-corrected chi connectivity index (χ4v) is 1.81. The summed E-state index contributed by atoms with van der Waals surface area (Å²) in [6.45, 7) is 5.20. The van der Waals surface area contributed by atoms with Crippen LogP contribution in [0.1, 0.15) is 20.8 Å². The van der Waals surface area contributed by atoms with Crippen molar-refractivity contribution in [2.24, 2.45) is 0 Å². The lowest BCUT2D eigenvalue weighted by Gasteiger charge is -2.19. The highest BCUT2D eigenvalue weighted by atomic mass is 35.5. The molecule has 0 heterocycles. The van der Waals surface area contributed by atoms with Gasteiger partial charge in [-0.2, -0.15) is 0 Å². The number of ether oxygens (including phenoxy) is 1. The third kappa shape index (κ3) is 5.30. The van der Waals surface area contributed by atoms with Crippen LogP contribution in [0.3, 0.4) is 0 Å². The van der Waals surface area contributed by atoms with Crippen molar-refractivity contribution in [1.82, 2.24) is 4.72 Å². The fourth-order valence-electron chi connectivity index (χ4n) is 0.992. The van der Waals surface area contributed by atoms with Crippen molar-refractivity contribution in [3.05, 3.63) is 29.3 Å². The van der Waals surface area contributed by atoms with Gasteiger partial charge in [-0.25, -0.2) is 4.79 Å². The van der Waals surface area contributed by atoms with Gasteiger partial charge >= 0.3 is 6.09 Å². The Balaban J connectivity index is 2.57. The predicted octanol–water partition coefficient (Wildman–Crippen LogP) is 2.89. The number of amides is 1. The van der Waals surface area contributed by atoms with Gasteiger partial charge in [-0.1, -0.05) is 11.6 Å². The monoisotopic (exact) mass is 275 g/mol. The zero-order valence-electron chi connectivity index (χ0n) is 9.82. The standard InChI is InChI=1S/C11H14ClNO3S/c1-11(2,3)16-10(14)13-17(15)9-6-4-8(12)5-7-9/h4-7H,1-3H3,(H,13,14). The first-order valence-electron chi connectivity index (χ1n) is 4.95. The highest BCUT2D eigenvalue weighted by Crippen LogP contribution is 2.14. The van der Waals surface area contributed by atoms with Crippen molar-refractivity contribution in [1.29, 1.82) is 0 Å². The van der Waals surface area contributed by atoms with Crippen LogP contribution in [-0.2, 0) is 16.1 Å². The Bertz CT molecular complexity index is 389. The van der Waals surface area contributed by atoms with Crippen molar-refractivity contribution in [3.8, 4) is 0 Å². The number of carbonyl (C=O) groups is 1. The summed E-state index contributed by atoms with van der Waals surface area (Å²) in [4.78, 5) is 11.8. The van der Waals surface area contributed by atoms with E-state index in [-0.39, 0.29) is 0 Å². The Morgan fingerprint density at radius 2 is 1.88 bits per heavy atom. The highest BCUT2D eigenvalue weighted by molar-refractivity contribution is 7.90. The summed E-state index contributed by atoms with van der Waals surface area (Å²) in [7, 11) is 0. The minimum absolute atomic E-state index is 0.459. The van der Waals surface area contributed by atoms with E-state index < -0.39 is 23.1 Å². The Morgan fingerprint density at radius 3 is 2.35 bits per heavy atom.